The molecule has 0 spiro atoms. The van der Waals surface area contributed by atoms with Crippen molar-refractivity contribution in [1.82, 2.24) is 0 Å². The zero-order valence-corrected chi connectivity index (χ0v) is 16.7. The van der Waals surface area contributed by atoms with Crippen LogP contribution >= 0.6 is 0 Å². The molecule has 0 heterocycles. The molecule has 0 aliphatic rings. The van der Waals surface area contributed by atoms with E-state index in [4.69, 9.17) is 9.47 Å². The molecule has 0 radical (unpaired) electrons. The van der Waals surface area contributed by atoms with E-state index in [9.17, 15) is 0 Å². The van der Waals surface area contributed by atoms with Crippen LogP contribution in [0.4, 0.5) is 0 Å². The highest BCUT2D eigenvalue weighted by Gasteiger charge is 2.31. The second-order valence-corrected chi connectivity index (χ2v) is 6.77. The van der Waals surface area contributed by atoms with Crippen LogP contribution in [0.3, 0.4) is 0 Å². The Bertz CT molecular complexity index is 461. The average Bonchev–Trinajstić information content (AvgIpc) is 2.61. The van der Waals surface area contributed by atoms with Gasteiger partial charge in [-0.15, -0.1) is 0 Å². The zero-order valence-electron chi connectivity index (χ0n) is 16.7. The molecule has 0 aromatic heterocycles. The standard InChI is InChI=1S/C23H38O2/c1-5-9-10-11-12-13-14-18-23(24-7-3,25-8-4)20-22-17-15-16-21(6-2)19-22/h6,15-17,19H,2,5,7-14,18,20H2,1,3-4H3. The minimum absolute atomic E-state index is 0.493. The Morgan fingerprint density at radius 1 is 0.920 bits per heavy atom. The smallest absolute Gasteiger partial charge is 0.172 e. The molecule has 0 atom stereocenters. The molecule has 1 aromatic rings. The molecule has 25 heavy (non-hydrogen) atoms. The SMILES string of the molecule is C=Cc1cccc(CC(CCCCCCCCC)(OCC)OCC)c1. The highest BCUT2D eigenvalue weighted by atomic mass is 16.7. The minimum Gasteiger partial charge on any atom is -0.350 e. The van der Waals surface area contributed by atoms with Gasteiger partial charge in [0.25, 0.3) is 0 Å². The third-order valence-corrected chi connectivity index (χ3v) is 4.64. The summed E-state index contributed by atoms with van der Waals surface area (Å²) >= 11 is 0. The van der Waals surface area contributed by atoms with Crippen molar-refractivity contribution >= 4 is 6.08 Å². The maximum absolute atomic E-state index is 6.14. The van der Waals surface area contributed by atoms with Gasteiger partial charge in [0.2, 0.25) is 0 Å². The fraction of sp³-hybridized carbons (Fsp3) is 0.652. The van der Waals surface area contributed by atoms with Gasteiger partial charge in [0.15, 0.2) is 5.79 Å². The first-order chi connectivity index (χ1) is 12.2. The molecule has 0 aliphatic carbocycles. The van der Waals surface area contributed by atoms with Crippen LogP contribution in [0.15, 0.2) is 30.8 Å². The van der Waals surface area contributed by atoms with Crippen LogP contribution in [-0.4, -0.2) is 19.0 Å². The summed E-state index contributed by atoms with van der Waals surface area (Å²) in [4.78, 5) is 0. The molecule has 142 valence electrons. The van der Waals surface area contributed by atoms with E-state index in [2.05, 4.69) is 51.6 Å². The van der Waals surface area contributed by atoms with Crippen LogP contribution in [0.1, 0.15) is 83.3 Å². The molecule has 0 N–H and O–H groups in total. The molecule has 2 heteroatoms. The van der Waals surface area contributed by atoms with E-state index in [1.165, 1.54) is 44.1 Å². The number of benzene rings is 1. The van der Waals surface area contributed by atoms with Gasteiger partial charge >= 0.3 is 0 Å². The average molecular weight is 347 g/mol. The predicted molar refractivity (Wildman–Crippen MR) is 109 cm³/mol. The lowest BCUT2D eigenvalue weighted by atomic mass is 9.97. The molecule has 1 rings (SSSR count). The number of unbranched alkanes of at least 4 members (excludes halogenated alkanes) is 6. The summed E-state index contributed by atoms with van der Waals surface area (Å²) in [6.45, 7) is 11.6. The third-order valence-electron chi connectivity index (χ3n) is 4.64. The Labute approximate surface area is 155 Å². The summed E-state index contributed by atoms with van der Waals surface area (Å²) in [5.41, 5.74) is 2.40. The van der Waals surface area contributed by atoms with Crippen molar-refractivity contribution in [2.75, 3.05) is 13.2 Å². The van der Waals surface area contributed by atoms with Crippen molar-refractivity contribution < 1.29 is 9.47 Å². The molecule has 0 fully saturated rings. The van der Waals surface area contributed by atoms with Crippen LogP contribution < -0.4 is 0 Å². The van der Waals surface area contributed by atoms with Gasteiger partial charge in [-0.3, -0.25) is 0 Å². The highest BCUT2D eigenvalue weighted by molar-refractivity contribution is 5.48. The minimum atomic E-state index is -0.493. The van der Waals surface area contributed by atoms with Crippen molar-refractivity contribution in [3.05, 3.63) is 42.0 Å². The lowest BCUT2D eigenvalue weighted by molar-refractivity contribution is -0.236. The van der Waals surface area contributed by atoms with Crippen molar-refractivity contribution in [3.63, 3.8) is 0 Å². The van der Waals surface area contributed by atoms with E-state index in [0.717, 1.165) is 24.8 Å². The van der Waals surface area contributed by atoms with Gasteiger partial charge in [-0.05, 0) is 31.4 Å². The van der Waals surface area contributed by atoms with Crippen molar-refractivity contribution in [1.29, 1.82) is 0 Å². The van der Waals surface area contributed by atoms with Gasteiger partial charge in [-0.1, -0.05) is 82.4 Å². The van der Waals surface area contributed by atoms with Gasteiger partial charge in [0.1, 0.15) is 0 Å². The number of hydrogen-bond donors (Lipinski definition) is 0. The van der Waals surface area contributed by atoms with Gasteiger partial charge in [-0.2, -0.15) is 0 Å². The molecular formula is C23H38O2. The Kier molecular flexibility index (Phi) is 11.5. The Hall–Kier alpha value is -1.12. The normalized spacial score (nSPS) is 11.6. The van der Waals surface area contributed by atoms with Gasteiger partial charge < -0.3 is 9.47 Å². The van der Waals surface area contributed by atoms with Crippen LogP contribution in [-0.2, 0) is 15.9 Å². The second-order valence-electron chi connectivity index (χ2n) is 6.77. The molecule has 0 saturated carbocycles. The number of rotatable bonds is 15. The summed E-state index contributed by atoms with van der Waals surface area (Å²) in [6, 6.07) is 8.51. The predicted octanol–water partition coefficient (Wildman–Crippen LogP) is 6.78. The molecule has 0 unspecified atom stereocenters. The summed E-state index contributed by atoms with van der Waals surface area (Å²) in [5.74, 6) is -0.493. The van der Waals surface area contributed by atoms with E-state index < -0.39 is 5.79 Å². The van der Waals surface area contributed by atoms with Crippen LogP contribution in [0.2, 0.25) is 0 Å². The first kappa shape index (κ1) is 21.9. The van der Waals surface area contributed by atoms with Crippen LogP contribution in [0.25, 0.3) is 6.08 Å². The second kappa shape index (κ2) is 13.1. The maximum atomic E-state index is 6.14. The van der Waals surface area contributed by atoms with Crippen molar-refractivity contribution in [3.8, 4) is 0 Å². The first-order valence-corrected chi connectivity index (χ1v) is 10.2. The molecule has 2 nitrogen and oxygen atoms in total. The zero-order chi connectivity index (χ0) is 18.4. The van der Waals surface area contributed by atoms with Gasteiger partial charge in [0.05, 0.1) is 0 Å². The van der Waals surface area contributed by atoms with E-state index in [0.29, 0.717) is 13.2 Å². The summed E-state index contributed by atoms with van der Waals surface area (Å²) < 4.78 is 12.3. The summed E-state index contributed by atoms with van der Waals surface area (Å²) in [7, 11) is 0. The lowest BCUT2D eigenvalue weighted by Crippen LogP contribution is -2.38. The maximum Gasteiger partial charge on any atom is 0.172 e. The van der Waals surface area contributed by atoms with Gasteiger partial charge in [-0.25, -0.2) is 0 Å². The van der Waals surface area contributed by atoms with E-state index in [1.54, 1.807) is 0 Å². The quantitative estimate of drug-likeness (QED) is 0.257. The van der Waals surface area contributed by atoms with Gasteiger partial charge in [0, 0.05) is 26.1 Å². The molecular weight excluding hydrogens is 308 g/mol. The highest BCUT2D eigenvalue weighted by Crippen LogP contribution is 2.27. The fourth-order valence-corrected chi connectivity index (χ4v) is 3.40. The lowest BCUT2D eigenvalue weighted by Gasteiger charge is -2.34. The Morgan fingerprint density at radius 2 is 1.56 bits per heavy atom. The molecule has 0 amide bonds. The molecule has 0 saturated heterocycles. The monoisotopic (exact) mass is 346 g/mol. The largest absolute Gasteiger partial charge is 0.350 e. The third kappa shape index (κ3) is 8.69. The van der Waals surface area contributed by atoms with E-state index >= 15 is 0 Å². The molecule has 1 aromatic carbocycles. The summed E-state index contributed by atoms with van der Waals surface area (Å²) in [6.07, 6.45) is 12.8. The molecule has 0 bridgehead atoms. The fourth-order valence-electron chi connectivity index (χ4n) is 3.40. The Balaban J connectivity index is 2.64. The van der Waals surface area contributed by atoms with Crippen molar-refractivity contribution in [2.24, 2.45) is 0 Å². The topological polar surface area (TPSA) is 18.5 Å². The summed E-state index contributed by atoms with van der Waals surface area (Å²) in [5, 5.41) is 0. The number of hydrogen-bond acceptors (Lipinski definition) is 2. The van der Waals surface area contributed by atoms with Crippen molar-refractivity contribution in [2.45, 2.75) is 84.3 Å². The van der Waals surface area contributed by atoms with E-state index in [-0.39, 0.29) is 0 Å². The Morgan fingerprint density at radius 3 is 2.16 bits per heavy atom. The van der Waals surface area contributed by atoms with Crippen LogP contribution in [0.5, 0.6) is 0 Å². The van der Waals surface area contributed by atoms with Crippen LogP contribution in [0, 0.1) is 0 Å². The number of ether oxygens (including phenoxy) is 2. The molecule has 0 aliphatic heterocycles. The first-order valence-electron chi connectivity index (χ1n) is 10.2. The van der Waals surface area contributed by atoms with E-state index in [1.807, 2.05) is 6.08 Å².